The summed E-state index contributed by atoms with van der Waals surface area (Å²) in [6, 6.07) is 7.90. The van der Waals surface area contributed by atoms with Crippen molar-refractivity contribution >= 4 is 11.8 Å². The molecule has 0 radical (unpaired) electrons. The predicted molar refractivity (Wildman–Crippen MR) is 148 cm³/mol. The molecule has 2 saturated heterocycles. The summed E-state index contributed by atoms with van der Waals surface area (Å²) in [4.78, 5) is 19.2. The molecule has 8 heteroatoms. The van der Waals surface area contributed by atoms with E-state index in [-0.39, 0.29) is 17.6 Å². The van der Waals surface area contributed by atoms with E-state index in [0.29, 0.717) is 31.9 Å². The Morgan fingerprint density at radius 3 is 2.95 bits per heavy atom. The van der Waals surface area contributed by atoms with Gasteiger partial charge in [-0.3, -0.25) is 9.69 Å². The number of likely N-dealkylation sites (tertiary alicyclic amines) is 1. The van der Waals surface area contributed by atoms with Crippen molar-refractivity contribution in [1.82, 2.24) is 9.88 Å². The van der Waals surface area contributed by atoms with E-state index in [2.05, 4.69) is 31.3 Å². The van der Waals surface area contributed by atoms with Crippen molar-refractivity contribution in [2.75, 3.05) is 38.2 Å². The smallest absolute Gasteiger partial charge is 0.325 e. The zero-order valence-electron chi connectivity index (χ0n) is 23.3. The summed E-state index contributed by atoms with van der Waals surface area (Å²) in [6.45, 7) is 7.68. The third kappa shape index (κ3) is 6.97. The van der Waals surface area contributed by atoms with Crippen molar-refractivity contribution in [3.8, 4) is 0 Å². The first-order chi connectivity index (χ1) is 18.8. The van der Waals surface area contributed by atoms with Gasteiger partial charge in [0, 0.05) is 31.9 Å². The minimum Gasteiger partial charge on any atom is -0.480 e. The van der Waals surface area contributed by atoms with E-state index in [4.69, 9.17) is 14.5 Å². The van der Waals surface area contributed by atoms with Crippen LogP contribution >= 0.6 is 0 Å². The van der Waals surface area contributed by atoms with E-state index in [1.54, 1.807) is 6.07 Å². The molecule has 212 valence electrons. The predicted octanol–water partition coefficient (Wildman–Crippen LogP) is 5.70. The average molecular weight is 540 g/mol. The molecular weight excluding hydrogens is 497 g/mol. The second kappa shape index (κ2) is 12.3. The number of carbonyl (C=O) groups is 1. The Morgan fingerprint density at radius 2 is 2.15 bits per heavy atom. The first-order valence-corrected chi connectivity index (χ1v) is 14.5. The van der Waals surface area contributed by atoms with Crippen LogP contribution in [0, 0.1) is 11.2 Å². The number of nitrogens with zero attached hydrogens (tertiary/aromatic N) is 2. The molecule has 3 aliphatic rings. The molecule has 5 rings (SSSR count). The minimum atomic E-state index is -0.967. The van der Waals surface area contributed by atoms with Gasteiger partial charge in [-0.25, -0.2) is 9.37 Å². The fraction of sp³-hybridized carbons (Fsp3) is 0.613. The minimum absolute atomic E-state index is 0.0262. The van der Waals surface area contributed by atoms with Gasteiger partial charge in [0.1, 0.15) is 17.7 Å². The number of hydrogen-bond acceptors (Lipinski definition) is 6. The number of aryl methyl sites for hydroxylation is 2. The largest absolute Gasteiger partial charge is 0.480 e. The summed E-state index contributed by atoms with van der Waals surface area (Å²) in [7, 11) is 0. The SMILES string of the molecule is CC1(C)CCC(c2ccc(F)cc2C(C(=O)O)N2CC[C@@H](OCCCCc3ccc4c(n3)NCCC4)C2)OC1. The summed E-state index contributed by atoms with van der Waals surface area (Å²) in [5.41, 5.74) is 3.79. The lowest BCUT2D eigenvalue weighted by molar-refractivity contribution is -0.143. The zero-order valence-corrected chi connectivity index (χ0v) is 23.3. The fourth-order valence-electron chi connectivity index (χ4n) is 6.10. The third-order valence-corrected chi connectivity index (χ3v) is 8.36. The van der Waals surface area contributed by atoms with Gasteiger partial charge in [-0.2, -0.15) is 0 Å². The molecule has 4 heterocycles. The van der Waals surface area contributed by atoms with Crippen LogP contribution < -0.4 is 5.32 Å². The highest BCUT2D eigenvalue weighted by atomic mass is 19.1. The highest BCUT2D eigenvalue weighted by Crippen LogP contribution is 2.41. The van der Waals surface area contributed by atoms with Crippen LogP contribution in [0.1, 0.15) is 86.9 Å². The Balaban J connectivity index is 1.14. The van der Waals surface area contributed by atoms with Crippen molar-refractivity contribution in [2.45, 2.75) is 83.5 Å². The van der Waals surface area contributed by atoms with Crippen molar-refractivity contribution in [3.05, 3.63) is 58.5 Å². The van der Waals surface area contributed by atoms with Gasteiger partial charge < -0.3 is 19.9 Å². The van der Waals surface area contributed by atoms with Crippen LogP contribution in [0.3, 0.4) is 0 Å². The lowest BCUT2D eigenvalue weighted by atomic mass is 9.82. The molecular formula is C31H42FN3O4. The van der Waals surface area contributed by atoms with E-state index in [1.165, 1.54) is 17.7 Å². The molecule has 0 spiro atoms. The number of aromatic nitrogens is 1. The summed E-state index contributed by atoms with van der Waals surface area (Å²) < 4.78 is 26.7. The maximum absolute atomic E-state index is 14.4. The number of hydrogen-bond donors (Lipinski definition) is 2. The number of ether oxygens (including phenoxy) is 2. The Morgan fingerprint density at radius 1 is 1.28 bits per heavy atom. The number of anilines is 1. The molecule has 2 unspecified atom stereocenters. The molecule has 39 heavy (non-hydrogen) atoms. The van der Waals surface area contributed by atoms with Crippen LogP contribution in [0.15, 0.2) is 30.3 Å². The van der Waals surface area contributed by atoms with Crippen LogP contribution in [-0.4, -0.2) is 59.9 Å². The third-order valence-electron chi connectivity index (χ3n) is 8.36. The lowest BCUT2D eigenvalue weighted by Crippen LogP contribution is -2.35. The van der Waals surface area contributed by atoms with E-state index in [9.17, 15) is 14.3 Å². The first kappa shape index (κ1) is 28.0. The Hall–Kier alpha value is -2.55. The quantitative estimate of drug-likeness (QED) is 0.375. The van der Waals surface area contributed by atoms with Crippen molar-refractivity contribution < 1.29 is 23.8 Å². The average Bonchev–Trinajstić information content (AvgIpc) is 3.37. The van der Waals surface area contributed by atoms with E-state index < -0.39 is 17.8 Å². The summed E-state index contributed by atoms with van der Waals surface area (Å²) in [6.07, 6.45) is 7.38. The number of carboxylic acids is 1. The van der Waals surface area contributed by atoms with Gasteiger partial charge in [-0.1, -0.05) is 26.0 Å². The van der Waals surface area contributed by atoms with Crippen LogP contribution in [0.25, 0.3) is 0 Å². The van der Waals surface area contributed by atoms with Gasteiger partial charge in [-0.15, -0.1) is 0 Å². The number of benzene rings is 1. The van der Waals surface area contributed by atoms with Crippen LogP contribution in [0.2, 0.25) is 0 Å². The fourth-order valence-corrected chi connectivity index (χ4v) is 6.10. The number of nitrogens with one attached hydrogen (secondary N) is 1. The number of fused-ring (bicyclic) bond motifs is 1. The van der Waals surface area contributed by atoms with Crippen molar-refractivity contribution in [3.63, 3.8) is 0 Å². The number of halogens is 1. The molecule has 0 amide bonds. The molecule has 7 nitrogen and oxygen atoms in total. The summed E-state index contributed by atoms with van der Waals surface area (Å²) in [5, 5.41) is 13.6. The maximum Gasteiger partial charge on any atom is 0.325 e. The molecule has 1 aromatic carbocycles. The number of rotatable bonds is 10. The normalized spacial score (nSPS) is 23.7. The van der Waals surface area contributed by atoms with Gasteiger partial charge in [0.2, 0.25) is 0 Å². The van der Waals surface area contributed by atoms with Gasteiger partial charge in [-0.05, 0) is 91.7 Å². The summed E-state index contributed by atoms with van der Waals surface area (Å²) >= 11 is 0. The lowest BCUT2D eigenvalue weighted by Gasteiger charge is -2.36. The molecule has 0 bridgehead atoms. The van der Waals surface area contributed by atoms with Crippen molar-refractivity contribution in [1.29, 1.82) is 0 Å². The van der Waals surface area contributed by atoms with Crippen LogP contribution in [-0.2, 0) is 27.1 Å². The second-order valence-corrected chi connectivity index (χ2v) is 12.1. The summed E-state index contributed by atoms with van der Waals surface area (Å²) in [5.74, 6) is -0.354. The molecule has 2 aromatic rings. The Labute approximate surface area is 231 Å². The Kier molecular flexibility index (Phi) is 8.84. The topological polar surface area (TPSA) is 83.9 Å². The zero-order chi connectivity index (χ0) is 27.4. The molecule has 3 atom stereocenters. The van der Waals surface area contributed by atoms with Gasteiger partial charge in [0.15, 0.2) is 0 Å². The second-order valence-electron chi connectivity index (χ2n) is 12.1. The van der Waals surface area contributed by atoms with Crippen LogP contribution in [0.5, 0.6) is 0 Å². The number of aliphatic carboxylic acids is 1. The Bertz CT molecular complexity index is 1150. The first-order valence-electron chi connectivity index (χ1n) is 14.5. The van der Waals surface area contributed by atoms with Crippen molar-refractivity contribution in [2.24, 2.45) is 5.41 Å². The van der Waals surface area contributed by atoms with E-state index in [0.717, 1.165) is 75.0 Å². The molecule has 0 saturated carbocycles. The number of carboxylic acid groups (broad SMARTS) is 1. The van der Waals surface area contributed by atoms with Gasteiger partial charge in [0.25, 0.3) is 0 Å². The highest BCUT2D eigenvalue weighted by Gasteiger charge is 2.38. The standard InChI is InChI=1S/C31H42FN3O4/c1-31(2)14-12-27(39-20-31)25-11-9-22(32)18-26(25)28(30(36)37)35-16-13-24(19-35)38-17-4-3-7-23-10-8-21-6-5-15-33-29(21)34-23/h8-11,18,24,27-28H,3-7,12-17,19-20H2,1-2H3,(H,33,34)(H,36,37)/t24-,27?,28?/m1/s1. The molecule has 2 fully saturated rings. The number of unbranched alkanes of at least 4 members (excludes halogenated alkanes) is 1. The number of pyridine rings is 1. The van der Waals surface area contributed by atoms with E-state index >= 15 is 0 Å². The van der Waals surface area contributed by atoms with Crippen LogP contribution in [0.4, 0.5) is 10.2 Å². The molecule has 0 aliphatic carbocycles. The van der Waals surface area contributed by atoms with Gasteiger partial charge in [0.05, 0.1) is 18.8 Å². The molecule has 3 aliphatic heterocycles. The van der Waals surface area contributed by atoms with Gasteiger partial charge >= 0.3 is 5.97 Å². The highest BCUT2D eigenvalue weighted by molar-refractivity contribution is 5.76. The molecule has 1 aromatic heterocycles. The van der Waals surface area contributed by atoms with E-state index in [1.807, 2.05) is 4.90 Å². The molecule has 2 N–H and O–H groups in total. The maximum atomic E-state index is 14.4. The monoisotopic (exact) mass is 539 g/mol.